The first-order valence-corrected chi connectivity index (χ1v) is 8.17. The molecule has 0 bridgehead atoms. The van der Waals surface area contributed by atoms with Crippen LogP contribution in [0.3, 0.4) is 0 Å². The van der Waals surface area contributed by atoms with Crippen LogP contribution in [0.5, 0.6) is 0 Å². The van der Waals surface area contributed by atoms with Crippen molar-refractivity contribution in [1.29, 1.82) is 0 Å². The lowest BCUT2D eigenvalue weighted by Crippen LogP contribution is -2.08. The number of carbonyl (C=O) groups is 1. The third-order valence-corrected chi connectivity index (χ3v) is 3.70. The molecule has 0 aliphatic heterocycles. The van der Waals surface area contributed by atoms with Crippen molar-refractivity contribution in [3.8, 4) is 0 Å². The van der Waals surface area contributed by atoms with Gasteiger partial charge in [0.15, 0.2) is 5.78 Å². The third-order valence-electron chi connectivity index (χ3n) is 3.70. The Labute approximate surface area is 148 Å². The Morgan fingerprint density at radius 1 is 0.640 bits per heavy atom. The van der Waals surface area contributed by atoms with Gasteiger partial charge in [0.1, 0.15) is 0 Å². The molecule has 0 N–H and O–H groups in total. The van der Waals surface area contributed by atoms with Gasteiger partial charge in [-0.1, -0.05) is 72.8 Å². The summed E-state index contributed by atoms with van der Waals surface area (Å²) in [5.74, 6) is -0.0549. The van der Waals surface area contributed by atoms with E-state index in [1.807, 2.05) is 108 Å². The van der Waals surface area contributed by atoms with Crippen molar-refractivity contribution >= 4 is 23.2 Å². The lowest BCUT2D eigenvalue weighted by molar-refractivity contribution is -0.110. The number of hydrogen-bond acceptors (Lipinski definition) is 2. The summed E-state index contributed by atoms with van der Waals surface area (Å²) in [4.78, 5) is 14.2. The van der Waals surface area contributed by atoms with Gasteiger partial charge in [-0.15, -0.1) is 0 Å². The van der Waals surface area contributed by atoms with Gasteiger partial charge >= 0.3 is 0 Å². The molecule has 3 aromatic rings. The summed E-state index contributed by atoms with van der Waals surface area (Å²) < 4.78 is 0. The van der Waals surface area contributed by atoms with E-state index in [4.69, 9.17) is 0 Å². The molecule has 0 heterocycles. The van der Waals surface area contributed by atoms with Crippen molar-refractivity contribution in [3.05, 3.63) is 115 Å². The summed E-state index contributed by atoms with van der Waals surface area (Å²) in [5.41, 5.74) is 3.02. The maximum Gasteiger partial charge on any atom is 0.180 e. The molecule has 2 heteroatoms. The SMILES string of the molecule is O=C(/C=C\N(c1ccccc1)c1ccccc1)/C=C/c1ccccc1. The molecule has 0 unspecified atom stereocenters. The molecule has 3 rings (SSSR count). The van der Waals surface area contributed by atoms with Gasteiger partial charge in [-0.05, 0) is 35.9 Å². The van der Waals surface area contributed by atoms with Crippen LogP contribution >= 0.6 is 0 Å². The lowest BCUT2D eigenvalue weighted by Gasteiger charge is -2.20. The van der Waals surface area contributed by atoms with Gasteiger partial charge in [0, 0.05) is 23.7 Å². The molecular formula is C23H19NO. The van der Waals surface area contributed by atoms with E-state index in [-0.39, 0.29) is 5.78 Å². The molecule has 0 saturated heterocycles. The Morgan fingerprint density at radius 3 is 1.64 bits per heavy atom. The van der Waals surface area contributed by atoms with Gasteiger partial charge in [0.2, 0.25) is 0 Å². The van der Waals surface area contributed by atoms with Gasteiger partial charge < -0.3 is 4.90 Å². The molecule has 0 saturated carbocycles. The molecular weight excluding hydrogens is 306 g/mol. The minimum atomic E-state index is -0.0549. The Morgan fingerprint density at radius 2 is 1.12 bits per heavy atom. The largest absolute Gasteiger partial charge is 0.317 e. The topological polar surface area (TPSA) is 20.3 Å². The van der Waals surface area contributed by atoms with Crippen LogP contribution in [-0.2, 0) is 4.79 Å². The van der Waals surface area contributed by atoms with Crippen LogP contribution in [0.1, 0.15) is 5.56 Å². The Bertz CT molecular complexity index is 813. The van der Waals surface area contributed by atoms with Crippen molar-refractivity contribution in [1.82, 2.24) is 0 Å². The number of hydrogen-bond donors (Lipinski definition) is 0. The quantitative estimate of drug-likeness (QED) is 0.548. The van der Waals surface area contributed by atoms with E-state index >= 15 is 0 Å². The van der Waals surface area contributed by atoms with Crippen LogP contribution < -0.4 is 4.90 Å². The highest BCUT2D eigenvalue weighted by Crippen LogP contribution is 2.25. The molecule has 0 amide bonds. The fraction of sp³-hybridized carbons (Fsp3) is 0. The minimum Gasteiger partial charge on any atom is -0.317 e. The van der Waals surface area contributed by atoms with Gasteiger partial charge in [-0.2, -0.15) is 0 Å². The van der Waals surface area contributed by atoms with Crippen LogP contribution in [0.2, 0.25) is 0 Å². The number of benzene rings is 3. The molecule has 3 aromatic carbocycles. The van der Waals surface area contributed by atoms with Gasteiger partial charge in [-0.25, -0.2) is 0 Å². The first-order chi connectivity index (χ1) is 12.3. The maximum atomic E-state index is 12.2. The van der Waals surface area contributed by atoms with Gasteiger partial charge in [-0.3, -0.25) is 4.79 Å². The Hall–Kier alpha value is -3.39. The maximum absolute atomic E-state index is 12.2. The molecule has 0 aromatic heterocycles. The summed E-state index contributed by atoms with van der Waals surface area (Å²) in [7, 11) is 0. The van der Waals surface area contributed by atoms with E-state index in [9.17, 15) is 4.79 Å². The molecule has 0 fully saturated rings. The molecule has 0 aliphatic carbocycles. The number of para-hydroxylation sites is 2. The van der Waals surface area contributed by atoms with Crippen LogP contribution in [-0.4, -0.2) is 5.78 Å². The second-order valence-electron chi connectivity index (χ2n) is 5.50. The van der Waals surface area contributed by atoms with Gasteiger partial charge in [0.05, 0.1) is 0 Å². The molecule has 0 atom stereocenters. The third kappa shape index (κ3) is 4.79. The van der Waals surface area contributed by atoms with Crippen molar-refractivity contribution in [2.75, 3.05) is 4.90 Å². The zero-order chi connectivity index (χ0) is 17.3. The molecule has 25 heavy (non-hydrogen) atoms. The highest BCUT2D eigenvalue weighted by atomic mass is 16.1. The van der Waals surface area contributed by atoms with E-state index in [2.05, 4.69) is 0 Å². The Balaban J connectivity index is 1.79. The van der Waals surface area contributed by atoms with E-state index in [0.717, 1.165) is 16.9 Å². The zero-order valence-electron chi connectivity index (χ0n) is 13.8. The summed E-state index contributed by atoms with van der Waals surface area (Å²) in [6.07, 6.45) is 6.80. The van der Waals surface area contributed by atoms with Crippen LogP contribution in [0.4, 0.5) is 11.4 Å². The van der Waals surface area contributed by atoms with Crippen LogP contribution in [0.25, 0.3) is 6.08 Å². The van der Waals surface area contributed by atoms with Gasteiger partial charge in [0.25, 0.3) is 0 Å². The summed E-state index contributed by atoms with van der Waals surface area (Å²) in [6, 6.07) is 29.7. The second-order valence-corrected chi connectivity index (χ2v) is 5.50. The summed E-state index contributed by atoms with van der Waals surface area (Å²) >= 11 is 0. The summed E-state index contributed by atoms with van der Waals surface area (Å²) in [6.45, 7) is 0. The lowest BCUT2D eigenvalue weighted by atomic mass is 10.2. The normalized spacial score (nSPS) is 11.0. The first kappa shape index (κ1) is 16.5. The van der Waals surface area contributed by atoms with E-state index in [1.54, 1.807) is 12.2 Å². The number of allylic oxidation sites excluding steroid dienone is 2. The highest BCUT2D eigenvalue weighted by Gasteiger charge is 2.05. The standard InChI is InChI=1S/C23H19NO/c25-23(17-16-20-10-4-1-5-11-20)18-19-24(21-12-6-2-7-13-21)22-14-8-3-9-15-22/h1-19H/b17-16+,19-18-. The Kier molecular flexibility index (Phi) is 5.57. The van der Waals surface area contributed by atoms with Crippen LogP contribution in [0, 0.1) is 0 Å². The highest BCUT2D eigenvalue weighted by molar-refractivity contribution is 6.02. The van der Waals surface area contributed by atoms with E-state index in [0.29, 0.717) is 0 Å². The summed E-state index contributed by atoms with van der Waals surface area (Å²) in [5, 5.41) is 0. The number of rotatable bonds is 6. The number of ketones is 1. The fourth-order valence-electron chi connectivity index (χ4n) is 2.44. The van der Waals surface area contributed by atoms with Crippen LogP contribution in [0.15, 0.2) is 109 Å². The van der Waals surface area contributed by atoms with Crippen molar-refractivity contribution in [2.24, 2.45) is 0 Å². The first-order valence-electron chi connectivity index (χ1n) is 8.17. The zero-order valence-corrected chi connectivity index (χ0v) is 13.8. The molecule has 2 nitrogen and oxygen atoms in total. The number of anilines is 2. The fourth-order valence-corrected chi connectivity index (χ4v) is 2.44. The van der Waals surface area contributed by atoms with E-state index in [1.165, 1.54) is 0 Å². The monoisotopic (exact) mass is 325 g/mol. The molecule has 0 spiro atoms. The van der Waals surface area contributed by atoms with Crippen molar-refractivity contribution in [3.63, 3.8) is 0 Å². The smallest absolute Gasteiger partial charge is 0.180 e. The average molecular weight is 325 g/mol. The predicted molar refractivity (Wildman–Crippen MR) is 105 cm³/mol. The molecule has 0 aliphatic rings. The second kappa shape index (κ2) is 8.46. The average Bonchev–Trinajstić information content (AvgIpc) is 2.69. The number of nitrogens with zero attached hydrogens (tertiary/aromatic N) is 1. The van der Waals surface area contributed by atoms with E-state index < -0.39 is 0 Å². The van der Waals surface area contributed by atoms with Crippen molar-refractivity contribution < 1.29 is 4.79 Å². The van der Waals surface area contributed by atoms with Crippen molar-refractivity contribution in [2.45, 2.75) is 0 Å². The molecule has 122 valence electrons. The predicted octanol–water partition coefficient (Wildman–Crippen LogP) is 5.62. The number of carbonyl (C=O) groups excluding carboxylic acids is 1. The molecule has 0 radical (unpaired) electrons. The minimum absolute atomic E-state index is 0.0549.